The van der Waals surface area contributed by atoms with E-state index in [1.807, 2.05) is 0 Å². The Morgan fingerprint density at radius 2 is 2.39 bits per heavy atom. The van der Waals surface area contributed by atoms with E-state index in [9.17, 15) is 4.79 Å². The molecular weight excluding hydrogens is 256 g/mol. The predicted molar refractivity (Wildman–Crippen MR) is 63.9 cm³/mol. The molecule has 2 aromatic rings. The minimum atomic E-state index is -0.256. The highest BCUT2D eigenvalue weighted by Gasteiger charge is 2.12. The van der Waals surface area contributed by atoms with Gasteiger partial charge in [-0.3, -0.25) is 9.48 Å². The number of nitrogens with zero attached hydrogens (tertiary/aromatic N) is 4. The van der Waals surface area contributed by atoms with E-state index in [0.717, 1.165) is 5.69 Å². The topological polar surface area (TPSA) is 83.0 Å². The van der Waals surface area contributed by atoms with Crippen molar-refractivity contribution in [2.75, 3.05) is 12.9 Å². The van der Waals surface area contributed by atoms with Gasteiger partial charge in [0.25, 0.3) is 11.1 Å². The van der Waals surface area contributed by atoms with Crippen LogP contribution in [0.2, 0.25) is 0 Å². The standard InChI is InChI=1S/C10H12N4O3S/c1-14-7(3-5-11-14)9-12-13-10(17-9)18-6-4-8(15)16-2/h3,5H,4,6H2,1-2H3. The van der Waals surface area contributed by atoms with Gasteiger partial charge in [0, 0.05) is 19.0 Å². The van der Waals surface area contributed by atoms with E-state index in [2.05, 4.69) is 20.0 Å². The van der Waals surface area contributed by atoms with Gasteiger partial charge in [0.1, 0.15) is 5.69 Å². The van der Waals surface area contributed by atoms with Crippen molar-refractivity contribution in [3.05, 3.63) is 12.3 Å². The van der Waals surface area contributed by atoms with Crippen LogP contribution in [0.4, 0.5) is 0 Å². The molecule has 0 spiro atoms. The molecule has 2 rings (SSSR count). The van der Waals surface area contributed by atoms with E-state index < -0.39 is 0 Å². The van der Waals surface area contributed by atoms with E-state index in [4.69, 9.17) is 4.42 Å². The lowest BCUT2D eigenvalue weighted by Gasteiger charge is -1.96. The summed E-state index contributed by atoms with van der Waals surface area (Å²) in [5.41, 5.74) is 0.752. The van der Waals surface area contributed by atoms with Crippen LogP contribution in [0.25, 0.3) is 11.6 Å². The second-order valence-electron chi connectivity index (χ2n) is 3.39. The fourth-order valence-corrected chi connectivity index (χ4v) is 1.96. The van der Waals surface area contributed by atoms with E-state index in [1.54, 1.807) is 24.0 Å². The first-order chi connectivity index (χ1) is 8.70. The van der Waals surface area contributed by atoms with Crippen LogP contribution < -0.4 is 0 Å². The summed E-state index contributed by atoms with van der Waals surface area (Å²) in [7, 11) is 3.16. The maximum atomic E-state index is 10.9. The van der Waals surface area contributed by atoms with E-state index in [0.29, 0.717) is 23.3 Å². The zero-order valence-corrected chi connectivity index (χ0v) is 10.8. The van der Waals surface area contributed by atoms with Crippen LogP contribution in [0.15, 0.2) is 21.9 Å². The van der Waals surface area contributed by atoms with Crippen molar-refractivity contribution in [3.63, 3.8) is 0 Å². The molecule has 0 fully saturated rings. The lowest BCUT2D eigenvalue weighted by atomic mass is 10.4. The number of aromatic nitrogens is 4. The molecule has 0 aromatic carbocycles. The molecule has 18 heavy (non-hydrogen) atoms. The van der Waals surface area contributed by atoms with E-state index in [-0.39, 0.29) is 5.97 Å². The molecule has 0 saturated heterocycles. The van der Waals surface area contributed by atoms with Gasteiger partial charge in [0.05, 0.1) is 13.5 Å². The average Bonchev–Trinajstić information content (AvgIpc) is 2.97. The second kappa shape index (κ2) is 5.67. The Labute approximate surface area is 108 Å². The van der Waals surface area contributed by atoms with Gasteiger partial charge < -0.3 is 9.15 Å². The summed E-state index contributed by atoms with van der Waals surface area (Å²) in [6, 6.07) is 1.79. The van der Waals surface area contributed by atoms with Crippen molar-refractivity contribution in [2.24, 2.45) is 7.05 Å². The van der Waals surface area contributed by atoms with E-state index >= 15 is 0 Å². The number of thioether (sulfide) groups is 1. The van der Waals surface area contributed by atoms with Crippen LogP contribution in [0.5, 0.6) is 0 Å². The van der Waals surface area contributed by atoms with Crippen molar-refractivity contribution in [3.8, 4) is 11.6 Å². The van der Waals surface area contributed by atoms with Gasteiger partial charge in [0.15, 0.2) is 0 Å². The van der Waals surface area contributed by atoms with Gasteiger partial charge in [-0.25, -0.2) is 0 Å². The molecule has 96 valence electrons. The highest BCUT2D eigenvalue weighted by Crippen LogP contribution is 2.22. The molecule has 0 aliphatic heterocycles. The highest BCUT2D eigenvalue weighted by atomic mass is 32.2. The molecule has 0 unspecified atom stereocenters. The zero-order chi connectivity index (χ0) is 13.0. The fraction of sp³-hybridized carbons (Fsp3) is 0.400. The van der Waals surface area contributed by atoms with Crippen LogP contribution in [-0.2, 0) is 16.6 Å². The molecule has 0 aliphatic rings. The first-order valence-corrected chi connectivity index (χ1v) is 6.20. The maximum Gasteiger partial charge on any atom is 0.306 e. The van der Waals surface area contributed by atoms with Gasteiger partial charge >= 0.3 is 5.97 Å². The lowest BCUT2D eigenvalue weighted by Crippen LogP contribution is -2.00. The molecule has 7 nitrogen and oxygen atoms in total. The maximum absolute atomic E-state index is 10.9. The second-order valence-corrected chi connectivity index (χ2v) is 4.43. The number of methoxy groups -OCH3 is 1. The zero-order valence-electron chi connectivity index (χ0n) is 9.99. The molecule has 2 heterocycles. The normalized spacial score (nSPS) is 10.6. The SMILES string of the molecule is COC(=O)CCSc1nnc(-c2ccnn2C)o1. The molecule has 0 bridgehead atoms. The van der Waals surface area contributed by atoms with Crippen LogP contribution >= 0.6 is 11.8 Å². The van der Waals surface area contributed by atoms with Crippen molar-refractivity contribution < 1.29 is 13.9 Å². The smallest absolute Gasteiger partial charge is 0.306 e. The molecule has 8 heteroatoms. The molecule has 0 aliphatic carbocycles. The monoisotopic (exact) mass is 268 g/mol. The summed E-state index contributed by atoms with van der Waals surface area (Å²) in [6.07, 6.45) is 1.97. The fourth-order valence-electron chi connectivity index (χ4n) is 1.28. The summed E-state index contributed by atoms with van der Waals surface area (Å²) in [4.78, 5) is 10.9. The summed E-state index contributed by atoms with van der Waals surface area (Å²) in [5, 5.41) is 12.3. The Bertz CT molecular complexity index is 537. The Morgan fingerprint density at radius 1 is 1.56 bits per heavy atom. The minimum absolute atomic E-state index is 0.256. The summed E-state index contributed by atoms with van der Waals surface area (Å²) in [6.45, 7) is 0. The molecule has 0 N–H and O–H groups in total. The summed E-state index contributed by atoms with van der Waals surface area (Å²) in [5.74, 6) is 0.698. The number of carbonyl (C=O) groups is 1. The van der Waals surface area contributed by atoms with Crippen LogP contribution in [0.3, 0.4) is 0 Å². The van der Waals surface area contributed by atoms with Gasteiger partial charge in [-0.05, 0) is 6.07 Å². The third-order valence-corrected chi connectivity index (χ3v) is 3.03. The van der Waals surface area contributed by atoms with Crippen LogP contribution in [-0.4, -0.2) is 38.8 Å². The van der Waals surface area contributed by atoms with Crippen LogP contribution in [0.1, 0.15) is 6.42 Å². The minimum Gasteiger partial charge on any atom is -0.469 e. The van der Waals surface area contributed by atoms with Gasteiger partial charge in [-0.1, -0.05) is 11.8 Å². The molecule has 2 aromatic heterocycles. The Balaban J connectivity index is 1.95. The first kappa shape index (κ1) is 12.6. The Morgan fingerprint density at radius 3 is 3.06 bits per heavy atom. The molecular formula is C10H12N4O3S. The summed E-state index contributed by atoms with van der Waals surface area (Å²) >= 11 is 1.32. The molecule has 0 atom stereocenters. The van der Waals surface area contributed by atoms with Gasteiger partial charge in [0.2, 0.25) is 0 Å². The molecule has 0 saturated carbocycles. The number of rotatable bonds is 5. The Hall–Kier alpha value is -1.83. The van der Waals surface area contributed by atoms with Gasteiger partial charge in [-0.15, -0.1) is 10.2 Å². The molecule has 0 amide bonds. The predicted octanol–water partition coefficient (Wildman–Crippen LogP) is 1.13. The van der Waals surface area contributed by atoms with Crippen LogP contribution in [0, 0.1) is 0 Å². The number of ether oxygens (including phenoxy) is 1. The first-order valence-electron chi connectivity index (χ1n) is 5.22. The number of esters is 1. The van der Waals surface area contributed by atoms with Gasteiger partial charge in [-0.2, -0.15) is 5.10 Å². The largest absolute Gasteiger partial charge is 0.469 e. The molecule has 0 radical (unpaired) electrons. The lowest BCUT2D eigenvalue weighted by molar-refractivity contribution is -0.140. The summed E-state index contributed by atoms with van der Waals surface area (Å²) < 4.78 is 11.6. The number of aryl methyl sites for hydroxylation is 1. The average molecular weight is 268 g/mol. The number of hydrogen-bond donors (Lipinski definition) is 0. The third kappa shape index (κ3) is 2.89. The quantitative estimate of drug-likeness (QED) is 0.593. The van der Waals surface area contributed by atoms with Crippen molar-refractivity contribution in [2.45, 2.75) is 11.6 Å². The number of carbonyl (C=O) groups excluding carboxylic acids is 1. The van der Waals surface area contributed by atoms with Crippen molar-refractivity contribution in [1.29, 1.82) is 0 Å². The van der Waals surface area contributed by atoms with Crippen molar-refractivity contribution >= 4 is 17.7 Å². The third-order valence-electron chi connectivity index (χ3n) is 2.21. The number of hydrogen-bond acceptors (Lipinski definition) is 7. The van der Waals surface area contributed by atoms with E-state index in [1.165, 1.54) is 18.9 Å². The van der Waals surface area contributed by atoms with Crippen molar-refractivity contribution in [1.82, 2.24) is 20.0 Å². The Kier molecular flexibility index (Phi) is 3.98. The highest BCUT2D eigenvalue weighted by molar-refractivity contribution is 7.99.